The van der Waals surface area contributed by atoms with Crippen molar-refractivity contribution in [3.8, 4) is 0 Å². The lowest BCUT2D eigenvalue weighted by Gasteiger charge is -2.49. The molecular weight excluding hydrogens is 512 g/mol. The van der Waals surface area contributed by atoms with Crippen LogP contribution < -0.4 is 31.9 Å². The van der Waals surface area contributed by atoms with Crippen molar-refractivity contribution < 1.29 is 8.95 Å². The number of piperidine rings is 2. The number of nitrogens with one attached hydrogen (secondary N) is 6. The fourth-order valence-corrected chi connectivity index (χ4v) is 9.26. The molecule has 10 atom stereocenters. The normalized spacial score (nSPS) is 46.9. The van der Waals surface area contributed by atoms with Crippen LogP contribution in [-0.2, 0) is 14.5 Å². The van der Waals surface area contributed by atoms with Crippen molar-refractivity contribution in [1.82, 2.24) is 36.8 Å². The van der Waals surface area contributed by atoms with Crippen molar-refractivity contribution in [2.24, 2.45) is 15.7 Å². The molecule has 0 radical (unpaired) electrons. The Balaban J connectivity index is 1.17. The fourth-order valence-electron chi connectivity index (χ4n) is 8.48. The quantitative estimate of drug-likeness (QED) is 0.289. The number of nitrogens with zero attached hydrogens (tertiary/aromatic N) is 2. The summed E-state index contributed by atoms with van der Waals surface area (Å²) < 4.78 is 23.7. The molecule has 0 saturated carbocycles. The average Bonchev–Trinajstić information content (AvgIpc) is 3.49. The molecule has 6 saturated heterocycles. The van der Waals surface area contributed by atoms with E-state index in [9.17, 15) is 4.21 Å². The Morgan fingerprint density at radius 3 is 2.49 bits per heavy atom. The zero-order chi connectivity index (χ0) is 27.4. The number of hydrogen-bond donors (Lipinski definition) is 6. The zero-order valence-corrected chi connectivity index (χ0v) is 25.6. The van der Waals surface area contributed by atoms with Crippen LogP contribution >= 0.6 is 0 Å². The highest BCUT2D eigenvalue weighted by molar-refractivity contribution is 7.92. The van der Waals surface area contributed by atoms with Gasteiger partial charge in [0.15, 0.2) is 0 Å². The second-order valence-corrected chi connectivity index (χ2v) is 16.9. The monoisotopic (exact) mass is 566 g/mol. The van der Waals surface area contributed by atoms with E-state index in [4.69, 9.17) is 4.74 Å². The summed E-state index contributed by atoms with van der Waals surface area (Å²) in [5.41, 5.74) is -0.0764. The van der Waals surface area contributed by atoms with Gasteiger partial charge in [0.25, 0.3) is 0 Å². The second kappa shape index (κ2) is 11.0. The highest BCUT2D eigenvalue weighted by Gasteiger charge is 2.62. The molecule has 6 aliphatic heterocycles. The minimum absolute atomic E-state index is 0.0457. The second-order valence-electron chi connectivity index (χ2n) is 14.4. The van der Waals surface area contributed by atoms with Crippen LogP contribution in [0.5, 0.6) is 0 Å². The first-order valence-electron chi connectivity index (χ1n) is 15.6. The van der Waals surface area contributed by atoms with Gasteiger partial charge in [0.05, 0.1) is 24.5 Å². The summed E-state index contributed by atoms with van der Waals surface area (Å²) in [4.78, 5) is 2.75. The van der Waals surface area contributed by atoms with Gasteiger partial charge in [-0.1, -0.05) is 6.92 Å². The third-order valence-electron chi connectivity index (χ3n) is 10.5. The van der Waals surface area contributed by atoms with Crippen LogP contribution in [0.25, 0.3) is 0 Å². The van der Waals surface area contributed by atoms with Gasteiger partial charge < -0.3 is 15.4 Å². The average molecular weight is 567 g/mol. The van der Waals surface area contributed by atoms with Crippen LogP contribution in [0.1, 0.15) is 72.1 Å². The van der Waals surface area contributed by atoms with Crippen LogP contribution in [0.4, 0.5) is 0 Å². The van der Waals surface area contributed by atoms with Crippen LogP contribution in [-0.4, -0.2) is 102 Å². The van der Waals surface area contributed by atoms with E-state index in [1.54, 1.807) is 12.5 Å². The van der Waals surface area contributed by atoms with Crippen LogP contribution in [0.2, 0.25) is 0 Å². The minimum atomic E-state index is -2.15. The Kier molecular flexibility index (Phi) is 8.13. The first kappa shape index (κ1) is 28.7. The molecule has 0 bridgehead atoms. The summed E-state index contributed by atoms with van der Waals surface area (Å²) in [6, 6.07) is 2.12. The van der Waals surface area contributed by atoms with Crippen molar-refractivity contribution >= 4 is 9.73 Å². The topological polar surface area (TPSA) is 114 Å². The van der Waals surface area contributed by atoms with Crippen molar-refractivity contribution in [1.29, 1.82) is 0 Å². The zero-order valence-electron chi connectivity index (χ0n) is 24.8. The first-order valence-corrected chi connectivity index (χ1v) is 17.9. The van der Waals surface area contributed by atoms with Crippen molar-refractivity contribution in [3.63, 3.8) is 0 Å². The molecule has 39 heavy (non-hydrogen) atoms. The van der Waals surface area contributed by atoms with Gasteiger partial charge in [-0.2, -0.15) is 0 Å². The fraction of sp³-hybridized carbons (Fsp3) is 1.00. The molecule has 6 fully saturated rings. The van der Waals surface area contributed by atoms with E-state index >= 15 is 0 Å². The molecule has 0 spiro atoms. The molecule has 6 rings (SSSR count). The van der Waals surface area contributed by atoms with E-state index < -0.39 is 9.73 Å². The largest absolute Gasteiger partial charge is 0.375 e. The van der Waals surface area contributed by atoms with E-state index in [0.29, 0.717) is 30.1 Å². The molecule has 0 aromatic rings. The van der Waals surface area contributed by atoms with Gasteiger partial charge in [0, 0.05) is 70.8 Å². The van der Waals surface area contributed by atoms with E-state index in [-0.39, 0.29) is 35.8 Å². The lowest BCUT2D eigenvalue weighted by molar-refractivity contribution is -0.141. The SMILES string of the molecule is CC1(C)C[C@H]2N(C3CCCC(N=S(C)(C)=O)N3)C3NC(NC4CCC([C@H]5CCCN5)NC4)NCC3[C@@]2(C)CO1. The van der Waals surface area contributed by atoms with Gasteiger partial charge in [-0.05, 0) is 71.8 Å². The molecule has 6 aliphatic rings. The van der Waals surface area contributed by atoms with Gasteiger partial charge in [0.2, 0.25) is 0 Å². The van der Waals surface area contributed by atoms with Gasteiger partial charge in [0.1, 0.15) is 12.5 Å². The van der Waals surface area contributed by atoms with Crippen molar-refractivity contribution in [3.05, 3.63) is 0 Å². The molecule has 0 aliphatic carbocycles. The van der Waals surface area contributed by atoms with Crippen LogP contribution in [0.3, 0.4) is 0 Å². The Morgan fingerprint density at radius 2 is 1.77 bits per heavy atom. The Bertz CT molecular complexity index is 982. The summed E-state index contributed by atoms with van der Waals surface area (Å²) in [7, 11) is -2.15. The predicted molar refractivity (Wildman–Crippen MR) is 157 cm³/mol. The van der Waals surface area contributed by atoms with Gasteiger partial charge in [-0.15, -0.1) is 0 Å². The molecule has 7 unspecified atom stereocenters. The third-order valence-corrected chi connectivity index (χ3v) is 11.3. The maximum Gasteiger partial charge on any atom is 0.113 e. The van der Waals surface area contributed by atoms with E-state index in [2.05, 4.69) is 61.9 Å². The molecular formula is C28H54N8O2S. The lowest BCUT2D eigenvalue weighted by Crippen LogP contribution is -2.71. The summed E-state index contributed by atoms with van der Waals surface area (Å²) in [6.45, 7) is 10.9. The standard InChI is InChI=1S/C28H54N8O2S/c1-27(2)14-22-28(3,17-38-27)19-16-31-26(32-18-11-12-21(30-15-18)20-8-7-13-29-20)34-25(19)36(22)24-10-6-9-23(33-24)35-39(4,5)37/h18-26,29-34H,6-17H2,1-5H3/t18?,19?,20-,21?,22-,23?,24?,25?,26?,28-/m1/s1. The maximum atomic E-state index is 12.5. The van der Waals surface area contributed by atoms with Gasteiger partial charge in [-0.3, -0.25) is 30.4 Å². The molecule has 10 nitrogen and oxygen atoms in total. The first-order chi connectivity index (χ1) is 18.5. The third kappa shape index (κ3) is 6.08. The molecule has 11 heteroatoms. The Hall–Kier alpha value is -0.370. The molecule has 0 aromatic heterocycles. The molecule has 6 heterocycles. The van der Waals surface area contributed by atoms with Crippen LogP contribution in [0.15, 0.2) is 4.36 Å². The number of hydrogen-bond acceptors (Lipinski definition) is 10. The Morgan fingerprint density at radius 1 is 0.949 bits per heavy atom. The molecule has 224 valence electrons. The summed E-state index contributed by atoms with van der Waals surface area (Å²) in [5, 5.41) is 23.1. The number of rotatable bonds is 5. The van der Waals surface area contributed by atoms with Crippen molar-refractivity contribution in [2.45, 2.75) is 127 Å². The number of ether oxygens (including phenoxy) is 1. The van der Waals surface area contributed by atoms with Gasteiger partial charge >= 0.3 is 0 Å². The van der Waals surface area contributed by atoms with E-state index in [1.165, 1.54) is 32.2 Å². The highest BCUT2D eigenvalue weighted by atomic mass is 32.2. The molecule has 0 amide bonds. The van der Waals surface area contributed by atoms with Crippen molar-refractivity contribution in [2.75, 3.05) is 38.8 Å². The highest BCUT2D eigenvalue weighted by Crippen LogP contribution is 2.53. The minimum Gasteiger partial charge on any atom is -0.375 e. The number of likely N-dealkylation sites (tertiary alicyclic amines) is 1. The Labute approximate surface area is 236 Å². The lowest BCUT2D eigenvalue weighted by atomic mass is 9.69. The summed E-state index contributed by atoms with van der Waals surface area (Å²) >= 11 is 0. The summed E-state index contributed by atoms with van der Waals surface area (Å²) in [6.07, 6.45) is 13.2. The summed E-state index contributed by atoms with van der Waals surface area (Å²) in [5.74, 6) is 0.444. The molecule has 0 aromatic carbocycles. The van der Waals surface area contributed by atoms with E-state index in [1.807, 2.05) is 0 Å². The smallest absolute Gasteiger partial charge is 0.113 e. The predicted octanol–water partition coefficient (Wildman–Crippen LogP) is 0.910. The maximum absolute atomic E-state index is 12.5. The van der Waals surface area contributed by atoms with E-state index in [0.717, 1.165) is 45.4 Å². The van der Waals surface area contributed by atoms with Gasteiger partial charge in [-0.25, -0.2) is 4.36 Å². The molecule has 6 N–H and O–H groups in total. The van der Waals surface area contributed by atoms with Crippen LogP contribution in [0, 0.1) is 11.3 Å². The number of fused-ring (bicyclic) bond motifs is 3.